The number of hydrogen-bond donors (Lipinski definition) is 0. The van der Waals surface area contributed by atoms with Gasteiger partial charge in [0.05, 0.1) is 24.3 Å². The van der Waals surface area contributed by atoms with Crippen LogP contribution in [0.1, 0.15) is 27.5 Å². The molecule has 1 aromatic heterocycles. The first-order chi connectivity index (χ1) is 15.3. The Hall–Kier alpha value is -4.27. The molecular formula is C23H21N3O6. The van der Waals surface area contributed by atoms with E-state index < -0.39 is 46.2 Å². The van der Waals surface area contributed by atoms with Crippen molar-refractivity contribution < 1.29 is 19.2 Å². The number of rotatable bonds is 7. The van der Waals surface area contributed by atoms with Crippen molar-refractivity contribution in [3.05, 3.63) is 110 Å². The fourth-order valence-electron chi connectivity index (χ4n) is 3.40. The second-order valence-electron chi connectivity index (χ2n) is 7.02. The Morgan fingerprint density at radius 3 is 2.06 bits per heavy atom. The Kier molecular flexibility index (Phi) is 6.79. The van der Waals surface area contributed by atoms with Gasteiger partial charge in [0.15, 0.2) is 0 Å². The van der Waals surface area contributed by atoms with Gasteiger partial charge in [-0.25, -0.2) is 4.79 Å². The third kappa shape index (κ3) is 4.72. The van der Waals surface area contributed by atoms with E-state index in [9.17, 15) is 24.5 Å². The first kappa shape index (κ1) is 22.4. The summed E-state index contributed by atoms with van der Waals surface area (Å²) in [6.45, 7) is -0.489. The Bertz CT molecular complexity index is 1150. The van der Waals surface area contributed by atoms with Gasteiger partial charge in [-0.2, -0.15) is 0 Å². The van der Waals surface area contributed by atoms with E-state index in [1.807, 2.05) is 60.7 Å². The molecule has 3 rings (SSSR count). The van der Waals surface area contributed by atoms with Crippen LogP contribution in [0, 0.1) is 10.1 Å². The normalized spacial score (nSPS) is 10.6. The summed E-state index contributed by atoms with van der Waals surface area (Å²) in [5.41, 5.74) is -0.143. The van der Waals surface area contributed by atoms with E-state index in [1.165, 1.54) is 4.90 Å². The third-order valence-electron chi connectivity index (χ3n) is 5.00. The summed E-state index contributed by atoms with van der Waals surface area (Å²) >= 11 is 0. The van der Waals surface area contributed by atoms with E-state index in [0.717, 1.165) is 35.1 Å². The zero-order valence-electron chi connectivity index (χ0n) is 17.5. The molecule has 9 nitrogen and oxygen atoms in total. The first-order valence-corrected chi connectivity index (χ1v) is 9.66. The van der Waals surface area contributed by atoms with Gasteiger partial charge >= 0.3 is 5.97 Å². The highest BCUT2D eigenvalue weighted by atomic mass is 16.6. The molecule has 3 aromatic rings. The highest BCUT2D eigenvalue weighted by Gasteiger charge is 2.26. The molecule has 0 aliphatic heterocycles. The fourth-order valence-corrected chi connectivity index (χ4v) is 3.40. The van der Waals surface area contributed by atoms with Crippen molar-refractivity contribution in [3.63, 3.8) is 0 Å². The largest absolute Gasteiger partial charge is 0.465 e. The molecule has 9 heteroatoms. The Morgan fingerprint density at radius 1 is 1.06 bits per heavy atom. The van der Waals surface area contributed by atoms with Crippen LogP contribution in [0.4, 0.5) is 5.69 Å². The molecule has 0 N–H and O–H groups in total. The molecule has 2 aromatic carbocycles. The number of pyridine rings is 1. The Labute approximate surface area is 183 Å². The lowest BCUT2D eigenvalue weighted by Crippen LogP contribution is -2.38. The number of benzene rings is 2. The molecule has 0 radical (unpaired) electrons. The molecule has 0 bridgehead atoms. The van der Waals surface area contributed by atoms with Crippen molar-refractivity contribution in [3.8, 4) is 0 Å². The topological polar surface area (TPSA) is 112 Å². The van der Waals surface area contributed by atoms with Crippen LogP contribution >= 0.6 is 0 Å². The number of carbonyl (C=O) groups is 2. The van der Waals surface area contributed by atoms with E-state index in [-0.39, 0.29) is 0 Å². The van der Waals surface area contributed by atoms with Gasteiger partial charge in [-0.05, 0) is 11.1 Å². The lowest BCUT2D eigenvalue weighted by Gasteiger charge is -2.29. The number of methoxy groups -OCH3 is 1. The highest BCUT2D eigenvalue weighted by molar-refractivity contribution is 5.89. The monoisotopic (exact) mass is 435 g/mol. The molecule has 0 aliphatic rings. The minimum atomic E-state index is -1.01. The van der Waals surface area contributed by atoms with Gasteiger partial charge < -0.3 is 9.64 Å². The van der Waals surface area contributed by atoms with Crippen LogP contribution in [0.15, 0.2) is 77.7 Å². The highest BCUT2D eigenvalue weighted by Crippen LogP contribution is 2.27. The second-order valence-corrected chi connectivity index (χ2v) is 7.02. The standard InChI is InChI=1S/C23H21N3O6/c1-24(21(16-9-5-3-6-10-16)17-11-7-4-8-12-17)20(27)15-25-14-18(26(30)31)13-19(22(25)28)23(29)32-2/h3-14,21H,15H2,1-2H3. The molecule has 0 atom stereocenters. The lowest BCUT2D eigenvalue weighted by molar-refractivity contribution is -0.385. The zero-order valence-corrected chi connectivity index (χ0v) is 17.5. The molecule has 1 amide bonds. The number of nitro groups is 1. The SMILES string of the molecule is COC(=O)c1cc([N+](=O)[O-])cn(CC(=O)N(C)C(c2ccccc2)c2ccccc2)c1=O. The molecule has 0 aliphatic carbocycles. The molecular weight excluding hydrogens is 414 g/mol. The zero-order chi connectivity index (χ0) is 23.3. The number of amides is 1. The number of esters is 1. The maximum atomic E-state index is 13.2. The average molecular weight is 435 g/mol. The van der Waals surface area contributed by atoms with Gasteiger partial charge in [0, 0.05) is 13.1 Å². The van der Waals surface area contributed by atoms with Crippen molar-refractivity contribution in [1.29, 1.82) is 0 Å². The second kappa shape index (κ2) is 9.69. The van der Waals surface area contributed by atoms with Gasteiger partial charge in [0.1, 0.15) is 12.1 Å². The maximum absolute atomic E-state index is 13.2. The minimum absolute atomic E-state index is 0.445. The average Bonchev–Trinajstić information content (AvgIpc) is 2.81. The van der Waals surface area contributed by atoms with Gasteiger partial charge in [0.25, 0.3) is 11.2 Å². The summed E-state index contributed by atoms with van der Waals surface area (Å²) in [5.74, 6) is -1.49. The van der Waals surface area contributed by atoms with Crippen LogP contribution in [-0.2, 0) is 16.1 Å². The number of hydrogen-bond acceptors (Lipinski definition) is 6. The molecule has 0 spiro atoms. The van der Waals surface area contributed by atoms with Gasteiger partial charge in [-0.1, -0.05) is 60.7 Å². The Balaban J connectivity index is 2.00. The summed E-state index contributed by atoms with van der Waals surface area (Å²) in [4.78, 5) is 49.7. The third-order valence-corrected chi connectivity index (χ3v) is 5.00. The maximum Gasteiger partial charge on any atom is 0.343 e. The molecule has 0 unspecified atom stereocenters. The van der Waals surface area contributed by atoms with Crippen molar-refractivity contribution in [1.82, 2.24) is 9.47 Å². The van der Waals surface area contributed by atoms with Crippen molar-refractivity contribution in [2.75, 3.05) is 14.2 Å². The fraction of sp³-hybridized carbons (Fsp3) is 0.174. The molecule has 32 heavy (non-hydrogen) atoms. The number of aromatic nitrogens is 1. The molecule has 0 saturated heterocycles. The van der Waals surface area contributed by atoms with E-state index in [0.29, 0.717) is 0 Å². The van der Waals surface area contributed by atoms with Crippen LogP contribution < -0.4 is 5.56 Å². The predicted molar refractivity (Wildman–Crippen MR) is 116 cm³/mol. The van der Waals surface area contributed by atoms with E-state index in [4.69, 9.17) is 0 Å². The van der Waals surface area contributed by atoms with Gasteiger partial charge in [0.2, 0.25) is 5.91 Å². The number of carbonyl (C=O) groups excluding carboxylic acids is 2. The number of ether oxygens (including phenoxy) is 1. The summed E-state index contributed by atoms with van der Waals surface area (Å²) < 4.78 is 5.40. The van der Waals surface area contributed by atoms with Gasteiger partial charge in [-0.3, -0.25) is 24.3 Å². The quantitative estimate of drug-likeness (QED) is 0.320. The van der Waals surface area contributed by atoms with E-state index in [1.54, 1.807) is 7.05 Å². The van der Waals surface area contributed by atoms with E-state index in [2.05, 4.69) is 4.74 Å². The summed E-state index contributed by atoms with van der Waals surface area (Å²) in [6.07, 6.45) is 0.945. The minimum Gasteiger partial charge on any atom is -0.465 e. The van der Waals surface area contributed by atoms with Gasteiger partial charge in [-0.15, -0.1) is 0 Å². The number of nitrogens with zero attached hydrogens (tertiary/aromatic N) is 3. The van der Waals surface area contributed by atoms with Crippen molar-refractivity contribution in [2.45, 2.75) is 12.6 Å². The van der Waals surface area contributed by atoms with Crippen LogP contribution in [0.25, 0.3) is 0 Å². The molecule has 1 heterocycles. The van der Waals surface area contributed by atoms with Crippen LogP contribution in [0.5, 0.6) is 0 Å². The van der Waals surface area contributed by atoms with Crippen LogP contribution in [-0.4, -0.2) is 40.4 Å². The lowest BCUT2D eigenvalue weighted by atomic mass is 9.97. The Morgan fingerprint density at radius 2 is 1.59 bits per heavy atom. The molecule has 164 valence electrons. The van der Waals surface area contributed by atoms with Crippen molar-refractivity contribution in [2.24, 2.45) is 0 Å². The number of likely N-dealkylation sites (N-methyl/N-ethyl adjacent to an activating group) is 1. The first-order valence-electron chi connectivity index (χ1n) is 9.66. The smallest absolute Gasteiger partial charge is 0.343 e. The van der Waals surface area contributed by atoms with Crippen LogP contribution in [0.3, 0.4) is 0 Å². The molecule has 0 saturated carbocycles. The predicted octanol–water partition coefficient (Wildman–Crippen LogP) is 2.79. The van der Waals surface area contributed by atoms with Crippen LogP contribution in [0.2, 0.25) is 0 Å². The molecule has 0 fully saturated rings. The summed E-state index contributed by atoms with van der Waals surface area (Å²) in [7, 11) is 2.66. The summed E-state index contributed by atoms with van der Waals surface area (Å²) in [5, 5.41) is 11.3. The van der Waals surface area contributed by atoms with Crippen molar-refractivity contribution >= 4 is 17.6 Å². The van der Waals surface area contributed by atoms with E-state index >= 15 is 0 Å². The summed E-state index contributed by atoms with van der Waals surface area (Å²) in [6, 6.07) is 19.1.